The van der Waals surface area contributed by atoms with E-state index in [0.717, 1.165) is 6.54 Å². The average Bonchev–Trinajstić information content (AvgIpc) is 2.83. The second kappa shape index (κ2) is 5.91. The number of rotatable bonds is 5. The summed E-state index contributed by atoms with van der Waals surface area (Å²) in [6.07, 6.45) is 5.16. The highest BCUT2D eigenvalue weighted by Crippen LogP contribution is 2.37. The fourth-order valence-corrected chi connectivity index (χ4v) is 3.02. The van der Waals surface area contributed by atoms with Gasteiger partial charge < -0.3 is 10.1 Å². The third-order valence-electron chi connectivity index (χ3n) is 4.31. The summed E-state index contributed by atoms with van der Waals surface area (Å²) in [5.41, 5.74) is 0.999. The quantitative estimate of drug-likeness (QED) is 0.866. The van der Waals surface area contributed by atoms with Crippen molar-refractivity contribution in [2.75, 3.05) is 13.7 Å². The minimum atomic E-state index is -0.198. The van der Waals surface area contributed by atoms with Crippen molar-refractivity contribution in [2.24, 2.45) is 5.41 Å². The molecule has 1 unspecified atom stereocenters. The predicted octanol–water partition coefficient (Wildman–Crippen LogP) is 4.07. The Morgan fingerprint density at radius 2 is 2.05 bits per heavy atom. The van der Waals surface area contributed by atoms with Gasteiger partial charge >= 0.3 is 0 Å². The highest BCUT2D eigenvalue weighted by atomic mass is 19.1. The van der Waals surface area contributed by atoms with E-state index in [1.54, 1.807) is 13.2 Å². The smallest absolute Gasteiger partial charge is 0.131 e. The van der Waals surface area contributed by atoms with Crippen molar-refractivity contribution in [3.8, 4) is 5.75 Å². The fourth-order valence-electron chi connectivity index (χ4n) is 3.02. The van der Waals surface area contributed by atoms with E-state index in [1.165, 1.54) is 31.7 Å². The van der Waals surface area contributed by atoms with Crippen LogP contribution in [0.15, 0.2) is 18.2 Å². The van der Waals surface area contributed by atoms with Crippen LogP contribution in [0, 0.1) is 11.2 Å². The molecule has 1 saturated carbocycles. The standard InChI is InChI=1S/C16H24FNO/c1-12(18-11-16(2)9-4-5-10-16)15-13(17)7-6-8-14(15)19-3/h6-8,12,18H,4-5,9-11H2,1-3H3. The minimum Gasteiger partial charge on any atom is -0.496 e. The van der Waals surface area contributed by atoms with Crippen LogP contribution in [0.1, 0.15) is 51.1 Å². The van der Waals surface area contributed by atoms with E-state index in [9.17, 15) is 4.39 Å². The van der Waals surface area contributed by atoms with Crippen molar-refractivity contribution in [1.82, 2.24) is 5.32 Å². The van der Waals surface area contributed by atoms with Gasteiger partial charge in [-0.25, -0.2) is 4.39 Å². The third-order valence-corrected chi connectivity index (χ3v) is 4.31. The first-order chi connectivity index (χ1) is 9.06. The summed E-state index contributed by atoms with van der Waals surface area (Å²) >= 11 is 0. The average molecular weight is 265 g/mol. The molecular formula is C16H24FNO. The molecule has 1 aliphatic carbocycles. The Balaban J connectivity index is 2.05. The lowest BCUT2D eigenvalue weighted by Gasteiger charge is -2.27. The predicted molar refractivity (Wildman–Crippen MR) is 75.9 cm³/mol. The molecule has 1 fully saturated rings. The summed E-state index contributed by atoms with van der Waals surface area (Å²) in [5.74, 6) is 0.424. The Morgan fingerprint density at radius 1 is 1.37 bits per heavy atom. The number of nitrogens with one attached hydrogen (secondary N) is 1. The number of hydrogen-bond acceptors (Lipinski definition) is 2. The van der Waals surface area contributed by atoms with Gasteiger partial charge in [-0.15, -0.1) is 0 Å². The Bertz CT molecular complexity index is 427. The molecule has 3 heteroatoms. The second-order valence-electron chi connectivity index (χ2n) is 5.98. The van der Waals surface area contributed by atoms with Crippen LogP contribution in [-0.2, 0) is 0 Å². The molecule has 1 atom stereocenters. The second-order valence-corrected chi connectivity index (χ2v) is 5.98. The van der Waals surface area contributed by atoms with Crippen LogP contribution >= 0.6 is 0 Å². The molecular weight excluding hydrogens is 241 g/mol. The molecule has 1 aromatic carbocycles. The Kier molecular flexibility index (Phi) is 4.46. The summed E-state index contributed by atoms with van der Waals surface area (Å²) in [5, 5.41) is 3.48. The van der Waals surface area contributed by atoms with Gasteiger partial charge in [0.15, 0.2) is 0 Å². The van der Waals surface area contributed by atoms with Crippen molar-refractivity contribution in [2.45, 2.75) is 45.6 Å². The van der Waals surface area contributed by atoms with Crippen LogP contribution in [0.25, 0.3) is 0 Å². The van der Waals surface area contributed by atoms with Crippen LogP contribution in [0.5, 0.6) is 5.75 Å². The molecule has 1 aromatic rings. The van der Waals surface area contributed by atoms with Crippen LogP contribution in [-0.4, -0.2) is 13.7 Å². The maximum absolute atomic E-state index is 14.0. The van der Waals surface area contributed by atoms with Crippen molar-refractivity contribution < 1.29 is 9.13 Å². The molecule has 0 saturated heterocycles. The maximum atomic E-state index is 14.0. The highest BCUT2D eigenvalue weighted by Gasteiger charge is 2.29. The zero-order chi connectivity index (χ0) is 13.9. The first-order valence-electron chi connectivity index (χ1n) is 7.11. The van der Waals surface area contributed by atoms with Gasteiger partial charge in [-0.2, -0.15) is 0 Å². The summed E-state index contributed by atoms with van der Waals surface area (Å²) in [4.78, 5) is 0. The monoisotopic (exact) mass is 265 g/mol. The normalized spacial score (nSPS) is 19.4. The van der Waals surface area contributed by atoms with Crippen LogP contribution in [0.2, 0.25) is 0 Å². The van der Waals surface area contributed by atoms with Gasteiger partial charge in [0.05, 0.1) is 7.11 Å². The van der Waals surface area contributed by atoms with Crippen LogP contribution in [0.3, 0.4) is 0 Å². The molecule has 1 aliphatic rings. The molecule has 2 nitrogen and oxygen atoms in total. The largest absolute Gasteiger partial charge is 0.496 e. The van der Waals surface area contributed by atoms with E-state index in [2.05, 4.69) is 12.2 Å². The zero-order valence-electron chi connectivity index (χ0n) is 12.1. The summed E-state index contributed by atoms with van der Waals surface area (Å²) in [7, 11) is 1.59. The molecule has 0 aromatic heterocycles. The van der Waals surface area contributed by atoms with E-state index >= 15 is 0 Å². The van der Waals surface area contributed by atoms with E-state index in [4.69, 9.17) is 4.74 Å². The van der Waals surface area contributed by atoms with Gasteiger partial charge in [-0.1, -0.05) is 25.8 Å². The maximum Gasteiger partial charge on any atom is 0.131 e. The molecule has 19 heavy (non-hydrogen) atoms. The van der Waals surface area contributed by atoms with Gasteiger partial charge in [-0.05, 0) is 37.3 Å². The molecule has 1 N–H and O–H groups in total. The lowest BCUT2D eigenvalue weighted by atomic mass is 9.88. The summed E-state index contributed by atoms with van der Waals surface area (Å²) < 4.78 is 19.2. The lowest BCUT2D eigenvalue weighted by molar-refractivity contribution is 0.297. The molecule has 0 spiro atoms. The number of ether oxygens (including phenoxy) is 1. The van der Waals surface area contributed by atoms with E-state index < -0.39 is 0 Å². The fraction of sp³-hybridized carbons (Fsp3) is 0.625. The number of hydrogen-bond donors (Lipinski definition) is 1. The Morgan fingerprint density at radius 3 is 2.68 bits per heavy atom. The molecule has 0 heterocycles. The first-order valence-corrected chi connectivity index (χ1v) is 7.11. The minimum absolute atomic E-state index is 0.0337. The van der Waals surface area contributed by atoms with Gasteiger partial charge in [0.2, 0.25) is 0 Å². The van der Waals surface area contributed by atoms with E-state index in [-0.39, 0.29) is 11.9 Å². The van der Waals surface area contributed by atoms with Crippen LogP contribution < -0.4 is 10.1 Å². The zero-order valence-corrected chi connectivity index (χ0v) is 12.1. The molecule has 106 valence electrons. The third kappa shape index (κ3) is 3.27. The summed E-state index contributed by atoms with van der Waals surface area (Å²) in [6, 6.07) is 4.96. The van der Waals surface area contributed by atoms with E-state index in [1.807, 2.05) is 13.0 Å². The molecule has 0 aliphatic heterocycles. The number of benzene rings is 1. The first kappa shape index (κ1) is 14.3. The van der Waals surface area contributed by atoms with Gasteiger partial charge in [0.25, 0.3) is 0 Å². The molecule has 0 radical (unpaired) electrons. The molecule has 0 amide bonds. The van der Waals surface area contributed by atoms with Crippen molar-refractivity contribution in [1.29, 1.82) is 0 Å². The van der Waals surface area contributed by atoms with Gasteiger partial charge in [0.1, 0.15) is 11.6 Å². The Labute approximate surface area is 115 Å². The topological polar surface area (TPSA) is 21.3 Å². The number of methoxy groups -OCH3 is 1. The van der Waals surface area contributed by atoms with Gasteiger partial charge in [0, 0.05) is 18.2 Å². The van der Waals surface area contributed by atoms with Crippen molar-refractivity contribution in [3.05, 3.63) is 29.6 Å². The molecule has 2 rings (SSSR count). The van der Waals surface area contributed by atoms with Crippen molar-refractivity contribution >= 4 is 0 Å². The van der Waals surface area contributed by atoms with Crippen molar-refractivity contribution in [3.63, 3.8) is 0 Å². The van der Waals surface area contributed by atoms with E-state index in [0.29, 0.717) is 16.7 Å². The number of halogens is 1. The van der Waals surface area contributed by atoms with Crippen LogP contribution in [0.4, 0.5) is 4.39 Å². The molecule has 0 bridgehead atoms. The lowest BCUT2D eigenvalue weighted by Crippen LogP contribution is -2.32. The highest BCUT2D eigenvalue weighted by molar-refractivity contribution is 5.36. The van der Waals surface area contributed by atoms with Gasteiger partial charge in [-0.3, -0.25) is 0 Å². The SMILES string of the molecule is COc1cccc(F)c1C(C)NCC1(C)CCCC1. The summed E-state index contributed by atoms with van der Waals surface area (Å²) in [6.45, 7) is 5.25. The Hall–Kier alpha value is -1.09.